The van der Waals surface area contributed by atoms with Crippen LogP contribution in [0.15, 0.2) is 51.7 Å². The SMILES string of the molecule is Cc1ccc(C)c(OCC(=O)NNC(=O)COc2ccc3c(C)cc(=O)oc3c2)c1. The molecule has 3 aromatic rings. The predicted molar refractivity (Wildman–Crippen MR) is 110 cm³/mol. The van der Waals surface area contributed by atoms with Crippen molar-refractivity contribution in [1.82, 2.24) is 10.9 Å². The summed E-state index contributed by atoms with van der Waals surface area (Å²) >= 11 is 0. The Hall–Kier alpha value is -3.81. The van der Waals surface area contributed by atoms with E-state index < -0.39 is 17.4 Å². The van der Waals surface area contributed by atoms with E-state index >= 15 is 0 Å². The highest BCUT2D eigenvalue weighted by Crippen LogP contribution is 2.22. The Labute approximate surface area is 172 Å². The van der Waals surface area contributed by atoms with Crippen molar-refractivity contribution in [2.24, 2.45) is 0 Å². The molecule has 0 unspecified atom stereocenters. The van der Waals surface area contributed by atoms with Gasteiger partial charge in [0.1, 0.15) is 17.1 Å². The van der Waals surface area contributed by atoms with Gasteiger partial charge < -0.3 is 13.9 Å². The van der Waals surface area contributed by atoms with Crippen LogP contribution in [0.25, 0.3) is 11.0 Å². The monoisotopic (exact) mass is 410 g/mol. The molecule has 0 fully saturated rings. The molecule has 0 aliphatic heterocycles. The predicted octanol–water partition coefficient (Wildman–Crippen LogP) is 2.32. The number of ether oxygens (including phenoxy) is 2. The summed E-state index contributed by atoms with van der Waals surface area (Å²) in [5.41, 5.74) is 7.15. The molecule has 0 atom stereocenters. The van der Waals surface area contributed by atoms with Gasteiger partial charge in [0.25, 0.3) is 11.8 Å². The Bertz CT molecular complexity index is 1150. The number of amides is 2. The van der Waals surface area contributed by atoms with Crippen LogP contribution >= 0.6 is 0 Å². The van der Waals surface area contributed by atoms with Crippen LogP contribution in [0.4, 0.5) is 0 Å². The molecule has 0 radical (unpaired) electrons. The maximum atomic E-state index is 11.9. The van der Waals surface area contributed by atoms with Crippen LogP contribution in [0.3, 0.4) is 0 Å². The smallest absolute Gasteiger partial charge is 0.336 e. The van der Waals surface area contributed by atoms with Crippen LogP contribution in [0, 0.1) is 20.8 Å². The Morgan fingerprint density at radius 2 is 1.57 bits per heavy atom. The minimum atomic E-state index is -0.555. The Kier molecular flexibility index (Phi) is 6.36. The first kappa shape index (κ1) is 20.9. The summed E-state index contributed by atoms with van der Waals surface area (Å²) in [6.45, 7) is 5.04. The molecule has 2 amide bonds. The third-order valence-electron chi connectivity index (χ3n) is 4.34. The Morgan fingerprint density at radius 3 is 2.30 bits per heavy atom. The second kappa shape index (κ2) is 9.13. The molecular weight excluding hydrogens is 388 g/mol. The fourth-order valence-corrected chi connectivity index (χ4v) is 2.76. The van der Waals surface area contributed by atoms with Crippen molar-refractivity contribution in [3.63, 3.8) is 0 Å². The first-order valence-corrected chi connectivity index (χ1v) is 9.27. The normalized spacial score (nSPS) is 10.5. The van der Waals surface area contributed by atoms with E-state index in [2.05, 4.69) is 10.9 Å². The molecule has 8 heteroatoms. The maximum Gasteiger partial charge on any atom is 0.336 e. The van der Waals surface area contributed by atoms with Crippen molar-refractivity contribution in [3.8, 4) is 11.5 Å². The van der Waals surface area contributed by atoms with Gasteiger partial charge in [-0.2, -0.15) is 0 Å². The van der Waals surface area contributed by atoms with Gasteiger partial charge in [-0.1, -0.05) is 12.1 Å². The Balaban J connectivity index is 1.46. The summed E-state index contributed by atoms with van der Waals surface area (Å²) in [7, 11) is 0. The van der Waals surface area contributed by atoms with Gasteiger partial charge in [0.05, 0.1) is 0 Å². The van der Waals surface area contributed by atoms with E-state index in [0.29, 0.717) is 17.1 Å². The number of fused-ring (bicyclic) bond motifs is 1. The van der Waals surface area contributed by atoms with Crippen LogP contribution in [-0.4, -0.2) is 25.0 Å². The summed E-state index contributed by atoms with van der Waals surface area (Å²) in [5, 5.41) is 0.780. The average Bonchev–Trinajstić information content (AvgIpc) is 2.70. The zero-order valence-corrected chi connectivity index (χ0v) is 16.9. The van der Waals surface area contributed by atoms with E-state index in [-0.39, 0.29) is 13.2 Å². The molecule has 1 heterocycles. The van der Waals surface area contributed by atoms with Crippen LogP contribution in [0.1, 0.15) is 16.7 Å². The molecular formula is C22H22N2O6. The molecule has 0 aliphatic carbocycles. The molecule has 0 bridgehead atoms. The number of hydrogen-bond acceptors (Lipinski definition) is 6. The maximum absolute atomic E-state index is 11.9. The molecule has 8 nitrogen and oxygen atoms in total. The van der Waals surface area contributed by atoms with Crippen molar-refractivity contribution in [2.75, 3.05) is 13.2 Å². The standard InChI is InChI=1S/C22H22N2O6/c1-13-4-5-14(2)18(8-13)29-12-21(26)24-23-20(25)11-28-16-6-7-17-15(3)9-22(27)30-19(17)10-16/h4-10H,11-12H2,1-3H3,(H,23,25)(H,24,26). The molecule has 0 saturated carbocycles. The van der Waals surface area contributed by atoms with Crippen molar-refractivity contribution < 1.29 is 23.5 Å². The fraction of sp³-hybridized carbons (Fsp3) is 0.227. The number of benzene rings is 2. The highest BCUT2D eigenvalue weighted by Gasteiger charge is 2.09. The van der Waals surface area contributed by atoms with Gasteiger partial charge >= 0.3 is 5.63 Å². The minimum absolute atomic E-state index is 0.242. The number of carbonyl (C=O) groups is 2. The lowest BCUT2D eigenvalue weighted by Gasteiger charge is -2.11. The van der Waals surface area contributed by atoms with Crippen molar-refractivity contribution in [1.29, 1.82) is 0 Å². The summed E-state index contributed by atoms with van der Waals surface area (Å²) in [4.78, 5) is 35.3. The quantitative estimate of drug-likeness (QED) is 0.477. The number of carbonyl (C=O) groups excluding carboxylic acids is 2. The number of nitrogens with one attached hydrogen (secondary N) is 2. The summed E-state index contributed by atoms with van der Waals surface area (Å²) < 4.78 is 16.0. The lowest BCUT2D eigenvalue weighted by atomic mass is 10.1. The summed E-state index contributed by atoms with van der Waals surface area (Å²) in [6.07, 6.45) is 0. The number of aryl methyl sites for hydroxylation is 3. The molecule has 3 rings (SSSR count). The van der Waals surface area contributed by atoms with E-state index in [0.717, 1.165) is 22.1 Å². The van der Waals surface area contributed by atoms with Gasteiger partial charge in [-0.25, -0.2) is 4.79 Å². The van der Waals surface area contributed by atoms with Crippen LogP contribution in [0.5, 0.6) is 11.5 Å². The van der Waals surface area contributed by atoms with Crippen LogP contribution in [0.2, 0.25) is 0 Å². The Morgan fingerprint density at radius 1 is 0.867 bits per heavy atom. The molecule has 156 valence electrons. The summed E-state index contributed by atoms with van der Waals surface area (Å²) in [5.74, 6) is -0.0953. The lowest BCUT2D eigenvalue weighted by Crippen LogP contribution is -2.45. The zero-order valence-electron chi connectivity index (χ0n) is 16.9. The highest BCUT2D eigenvalue weighted by molar-refractivity contribution is 5.84. The lowest BCUT2D eigenvalue weighted by molar-refractivity contribution is -0.131. The van der Waals surface area contributed by atoms with Crippen molar-refractivity contribution >= 4 is 22.8 Å². The van der Waals surface area contributed by atoms with Gasteiger partial charge in [0.2, 0.25) is 0 Å². The molecule has 2 N–H and O–H groups in total. The first-order chi connectivity index (χ1) is 14.3. The third kappa shape index (κ3) is 5.38. The zero-order chi connectivity index (χ0) is 21.7. The first-order valence-electron chi connectivity index (χ1n) is 9.27. The largest absolute Gasteiger partial charge is 0.484 e. The summed E-state index contributed by atoms with van der Waals surface area (Å²) in [6, 6.07) is 12.0. The molecule has 0 aliphatic rings. The fourth-order valence-electron chi connectivity index (χ4n) is 2.76. The highest BCUT2D eigenvalue weighted by atomic mass is 16.5. The second-order valence-corrected chi connectivity index (χ2v) is 6.85. The van der Waals surface area contributed by atoms with E-state index in [9.17, 15) is 14.4 Å². The van der Waals surface area contributed by atoms with Gasteiger partial charge in [0.15, 0.2) is 13.2 Å². The number of hydrogen-bond donors (Lipinski definition) is 2. The van der Waals surface area contributed by atoms with E-state index in [1.54, 1.807) is 19.1 Å². The van der Waals surface area contributed by atoms with Gasteiger partial charge in [-0.15, -0.1) is 0 Å². The molecule has 0 saturated heterocycles. The minimum Gasteiger partial charge on any atom is -0.484 e. The molecule has 0 spiro atoms. The van der Waals surface area contributed by atoms with E-state index in [1.165, 1.54) is 12.1 Å². The van der Waals surface area contributed by atoms with Gasteiger partial charge in [-0.3, -0.25) is 20.4 Å². The van der Waals surface area contributed by atoms with Gasteiger partial charge in [-0.05, 0) is 55.7 Å². The second-order valence-electron chi connectivity index (χ2n) is 6.85. The molecule has 30 heavy (non-hydrogen) atoms. The topological polar surface area (TPSA) is 107 Å². The number of hydrazine groups is 1. The average molecular weight is 410 g/mol. The third-order valence-corrected chi connectivity index (χ3v) is 4.34. The van der Waals surface area contributed by atoms with Crippen LogP contribution < -0.4 is 26.0 Å². The van der Waals surface area contributed by atoms with E-state index in [4.69, 9.17) is 13.9 Å². The van der Waals surface area contributed by atoms with Crippen molar-refractivity contribution in [2.45, 2.75) is 20.8 Å². The van der Waals surface area contributed by atoms with Crippen LogP contribution in [-0.2, 0) is 9.59 Å². The van der Waals surface area contributed by atoms with Crippen molar-refractivity contribution in [3.05, 3.63) is 69.6 Å². The van der Waals surface area contributed by atoms with Gasteiger partial charge in [0, 0.05) is 17.5 Å². The molecule has 2 aromatic carbocycles. The van der Waals surface area contributed by atoms with E-state index in [1.807, 2.05) is 32.0 Å². The number of rotatable bonds is 6. The molecule has 1 aromatic heterocycles.